The molecule has 1 unspecified atom stereocenters. The molecule has 0 radical (unpaired) electrons. The average molecular weight is 314 g/mol. The lowest BCUT2D eigenvalue weighted by Crippen LogP contribution is -2.55. The Morgan fingerprint density at radius 2 is 2.22 bits per heavy atom. The third kappa shape index (κ3) is 2.27. The SMILES string of the molecule is CNc1nc(N2CCN(C)C(=O)C2C)ncc1Br. The van der Waals surface area contributed by atoms with Crippen molar-refractivity contribution >= 4 is 33.6 Å². The molecule has 98 valence electrons. The number of hydrogen-bond donors (Lipinski definition) is 1. The van der Waals surface area contributed by atoms with E-state index in [-0.39, 0.29) is 11.9 Å². The van der Waals surface area contributed by atoms with E-state index in [1.807, 2.05) is 18.9 Å². The number of anilines is 2. The summed E-state index contributed by atoms with van der Waals surface area (Å²) in [6.07, 6.45) is 1.70. The molecule has 18 heavy (non-hydrogen) atoms. The van der Waals surface area contributed by atoms with Crippen molar-refractivity contribution in [3.63, 3.8) is 0 Å². The third-order valence-corrected chi connectivity index (χ3v) is 3.68. The molecular weight excluding hydrogens is 298 g/mol. The summed E-state index contributed by atoms with van der Waals surface area (Å²) in [5.74, 6) is 1.40. The summed E-state index contributed by atoms with van der Waals surface area (Å²) >= 11 is 3.37. The van der Waals surface area contributed by atoms with E-state index in [4.69, 9.17) is 0 Å². The first-order valence-electron chi connectivity index (χ1n) is 5.76. The van der Waals surface area contributed by atoms with Crippen LogP contribution < -0.4 is 10.2 Å². The number of piperazine rings is 1. The number of carbonyl (C=O) groups is 1. The van der Waals surface area contributed by atoms with Crippen LogP contribution in [0.3, 0.4) is 0 Å². The summed E-state index contributed by atoms with van der Waals surface area (Å²) < 4.78 is 0.807. The van der Waals surface area contributed by atoms with Crippen molar-refractivity contribution in [2.75, 3.05) is 37.4 Å². The molecule has 6 nitrogen and oxygen atoms in total. The fraction of sp³-hybridized carbons (Fsp3) is 0.545. The number of amides is 1. The van der Waals surface area contributed by atoms with Crippen molar-refractivity contribution in [3.8, 4) is 0 Å². The molecule has 1 aromatic heterocycles. The summed E-state index contributed by atoms with van der Waals surface area (Å²) in [5, 5.41) is 2.99. The Hall–Kier alpha value is -1.37. The zero-order valence-corrected chi connectivity index (χ0v) is 12.2. The highest BCUT2D eigenvalue weighted by atomic mass is 79.9. The molecule has 1 aromatic rings. The first-order chi connectivity index (χ1) is 8.54. The second kappa shape index (κ2) is 5.09. The average Bonchev–Trinajstić information content (AvgIpc) is 2.37. The van der Waals surface area contributed by atoms with Gasteiger partial charge < -0.3 is 15.1 Å². The van der Waals surface area contributed by atoms with Crippen LogP contribution in [0.15, 0.2) is 10.7 Å². The maximum absolute atomic E-state index is 11.9. The van der Waals surface area contributed by atoms with E-state index in [2.05, 4.69) is 31.2 Å². The van der Waals surface area contributed by atoms with Crippen LogP contribution in [-0.2, 0) is 4.79 Å². The number of nitrogens with zero attached hydrogens (tertiary/aromatic N) is 4. The highest BCUT2D eigenvalue weighted by Crippen LogP contribution is 2.23. The standard InChI is InChI=1S/C11H16BrN5O/c1-7-10(18)16(3)4-5-17(7)11-14-6-8(12)9(13-2)15-11/h6-7H,4-5H2,1-3H3,(H,13,14,15). The monoisotopic (exact) mass is 313 g/mol. The molecule has 1 aliphatic rings. The van der Waals surface area contributed by atoms with Crippen LogP contribution in [0, 0.1) is 0 Å². The molecule has 7 heteroatoms. The minimum Gasteiger partial charge on any atom is -0.372 e. The Morgan fingerprint density at radius 3 is 2.89 bits per heavy atom. The zero-order valence-electron chi connectivity index (χ0n) is 10.6. The summed E-state index contributed by atoms with van der Waals surface area (Å²) in [6, 6.07) is -0.227. The molecule has 1 saturated heterocycles. The van der Waals surface area contributed by atoms with Crippen molar-refractivity contribution < 1.29 is 4.79 Å². The first kappa shape index (κ1) is 13.1. The van der Waals surface area contributed by atoms with Crippen molar-refractivity contribution in [3.05, 3.63) is 10.7 Å². The van der Waals surface area contributed by atoms with Gasteiger partial charge in [0.05, 0.1) is 4.47 Å². The molecule has 0 aromatic carbocycles. The molecule has 0 bridgehead atoms. The van der Waals surface area contributed by atoms with Crippen LogP contribution in [0.2, 0.25) is 0 Å². The van der Waals surface area contributed by atoms with Crippen molar-refractivity contribution in [1.29, 1.82) is 0 Å². The number of hydrogen-bond acceptors (Lipinski definition) is 5. The molecule has 0 aliphatic carbocycles. The van der Waals surface area contributed by atoms with Crippen LogP contribution in [0.1, 0.15) is 6.92 Å². The topological polar surface area (TPSA) is 61.4 Å². The van der Waals surface area contributed by atoms with Gasteiger partial charge in [-0.3, -0.25) is 4.79 Å². The summed E-state index contributed by atoms with van der Waals surface area (Å²) in [6.45, 7) is 3.31. The van der Waals surface area contributed by atoms with Crippen LogP contribution >= 0.6 is 15.9 Å². The smallest absolute Gasteiger partial charge is 0.244 e. The van der Waals surface area contributed by atoms with E-state index in [1.165, 1.54) is 0 Å². The largest absolute Gasteiger partial charge is 0.372 e. The van der Waals surface area contributed by atoms with Gasteiger partial charge in [-0.1, -0.05) is 0 Å². The molecule has 1 N–H and O–H groups in total. The molecular formula is C11H16BrN5O. The van der Waals surface area contributed by atoms with Gasteiger partial charge in [0.2, 0.25) is 11.9 Å². The molecule has 0 saturated carbocycles. The molecule has 2 rings (SSSR count). The predicted molar refractivity (Wildman–Crippen MR) is 73.7 cm³/mol. The lowest BCUT2D eigenvalue weighted by atomic mass is 10.2. The molecule has 1 fully saturated rings. The third-order valence-electron chi connectivity index (χ3n) is 3.10. The van der Waals surface area contributed by atoms with Gasteiger partial charge in [0.1, 0.15) is 11.9 Å². The Balaban J connectivity index is 2.29. The molecule has 1 amide bonds. The molecule has 1 atom stereocenters. The van der Waals surface area contributed by atoms with Crippen molar-refractivity contribution in [2.45, 2.75) is 13.0 Å². The zero-order chi connectivity index (χ0) is 13.3. The summed E-state index contributed by atoms with van der Waals surface area (Å²) in [7, 11) is 3.62. The Bertz CT molecular complexity index is 467. The van der Waals surface area contributed by atoms with Gasteiger partial charge >= 0.3 is 0 Å². The number of rotatable bonds is 2. The number of aromatic nitrogens is 2. The molecule has 2 heterocycles. The van der Waals surface area contributed by atoms with Gasteiger partial charge in [-0.25, -0.2) is 4.98 Å². The second-order valence-corrected chi connectivity index (χ2v) is 5.10. The molecule has 1 aliphatic heterocycles. The summed E-state index contributed by atoms with van der Waals surface area (Å²) in [5.41, 5.74) is 0. The maximum atomic E-state index is 11.9. The minimum atomic E-state index is -0.227. The van der Waals surface area contributed by atoms with Crippen LogP contribution in [-0.4, -0.2) is 54.0 Å². The van der Waals surface area contributed by atoms with Gasteiger partial charge in [0, 0.05) is 33.4 Å². The van der Waals surface area contributed by atoms with Crippen LogP contribution in [0.4, 0.5) is 11.8 Å². The van der Waals surface area contributed by atoms with Crippen LogP contribution in [0.5, 0.6) is 0 Å². The van der Waals surface area contributed by atoms with E-state index in [1.54, 1.807) is 18.1 Å². The maximum Gasteiger partial charge on any atom is 0.244 e. The Kier molecular flexibility index (Phi) is 3.70. The van der Waals surface area contributed by atoms with Gasteiger partial charge in [0.25, 0.3) is 0 Å². The highest BCUT2D eigenvalue weighted by molar-refractivity contribution is 9.10. The number of likely N-dealkylation sites (N-methyl/N-ethyl adjacent to an activating group) is 1. The quantitative estimate of drug-likeness (QED) is 0.881. The fourth-order valence-corrected chi connectivity index (χ4v) is 2.35. The van der Waals surface area contributed by atoms with Crippen molar-refractivity contribution in [1.82, 2.24) is 14.9 Å². The van der Waals surface area contributed by atoms with Gasteiger partial charge in [-0.15, -0.1) is 0 Å². The number of nitrogens with one attached hydrogen (secondary N) is 1. The van der Waals surface area contributed by atoms with E-state index >= 15 is 0 Å². The van der Waals surface area contributed by atoms with Gasteiger partial charge in [0.15, 0.2) is 0 Å². The van der Waals surface area contributed by atoms with Crippen molar-refractivity contribution in [2.24, 2.45) is 0 Å². The Labute approximate surface area is 115 Å². The normalized spacial score (nSPS) is 20.2. The van der Waals surface area contributed by atoms with E-state index in [0.29, 0.717) is 12.5 Å². The highest BCUT2D eigenvalue weighted by Gasteiger charge is 2.31. The molecule has 0 spiro atoms. The van der Waals surface area contributed by atoms with Gasteiger partial charge in [-0.05, 0) is 22.9 Å². The van der Waals surface area contributed by atoms with Crippen LogP contribution in [0.25, 0.3) is 0 Å². The predicted octanol–water partition coefficient (Wildman–Crippen LogP) is 0.948. The van der Waals surface area contributed by atoms with E-state index in [0.717, 1.165) is 16.8 Å². The number of carbonyl (C=O) groups excluding carboxylic acids is 1. The fourth-order valence-electron chi connectivity index (χ4n) is 1.96. The number of halogens is 1. The lowest BCUT2D eigenvalue weighted by molar-refractivity contribution is -0.132. The minimum absolute atomic E-state index is 0.0961. The van der Waals surface area contributed by atoms with Gasteiger partial charge in [-0.2, -0.15) is 4.98 Å². The second-order valence-electron chi connectivity index (χ2n) is 4.25. The van der Waals surface area contributed by atoms with E-state index < -0.39 is 0 Å². The first-order valence-corrected chi connectivity index (χ1v) is 6.55. The Morgan fingerprint density at radius 1 is 1.50 bits per heavy atom. The lowest BCUT2D eigenvalue weighted by Gasteiger charge is -2.37. The van der Waals surface area contributed by atoms with E-state index in [9.17, 15) is 4.79 Å². The summed E-state index contributed by atoms with van der Waals surface area (Å²) in [4.78, 5) is 24.3.